The third-order valence-electron chi connectivity index (χ3n) is 4.48. The van der Waals surface area contributed by atoms with Crippen LogP contribution in [-0.4, -0.2) is 17.5 Å². The van der Waals surface area contributed by atoms with E-state index < -0.39 is 0 Å². The summed E-state index contributed by atoms with van der Waals surface area (Å²) in [7, 11) is 0. The largest absolute Gasteiger partial charge is 0.314 e. The maximum Gasteiger partial charge on any atom is 0.272 e. The highest BCUT2D eigenvalue weighted by atomic mass is 16.6. The second-order valence-corrected chi connectivity index (χ2v) is 5.64. The Balaban J connectivity index is 2.20. The van der Waals surface area contributed by atoms with Gasteiger partial charge in [-0.3, -0.25) is 10.1 Å². The van der Waals surface area contributed by atoms with Crippen LogP contribution in [0.3, 0.4) is 0 Å². The Morgan fingerprint density at radius 1 is 1.47 bits per heavy atom. The predicted octanol–water partition coefficient (Wildman–Crippen LogP) is 3.22. The van der Waals surface area contributed by atoms with Crippen LogP contribution in [0.15, 0.2) is 18.2 Å². The van der Waals surface area contributed by atoms with E-state index in [1.54, 1.807) is 12.1 Å². The molecule has 0 bridgehead atoms. The standard InChI is InChI=1S/C15H22N2O2/c1-4-16-12(3)15(8-9-15)10-13-6-5-7-14(11(13)2)17(18)19/h5-7,12,16H,4,8-10H2,1-3H3. The van der Waals surface area contributed by atoms with Gasteiger partial charge in [-0.1, -0.05) is 19.1 Å². The van der Waals surface area contributed by atoms with Crippen molar-refractivity contribution >= 4 is 5.69 Å². The van der Waals surface area contributed by atoms with E-state index in [2.05, 4.69) is 19.2 Å². The summed E-state index contributed by atoms with van der Waals surface area (Å²) in [5.41, 5.74) is 2.49. The van der Waals surface area contributed by atoms with Crippen LogP contribution < -0.4 is 5.32 Å². The Kier molecular flexibility index (Phi) is 3.90. The molecule has 0 aliphatic heterocycles. The molecule has 104 valence electrons. The van der Waals surface area contributed by atoms with Crippen LogP contribution in [0.25, 0.3) is 0 Å². The van der Waals surface area contributed by atoms with Gasteiger partial charge in [-0.05, 0) is 50.6 Å². The van der Waals surface area contributed by atoms with Gasteiger partial charge in [0.2, 0.25) is 0 Å². The number of rotatable bonds is 6. The molecular formula is C15H22N2O2. The van der Waals surface area contributed by atoms with Crippen molar-refractivity contribution in [1.82, 2.24) is 5.32 Å². The number of nitrogens with one attached hydrogen (secondary N) is 1. The fraction of sp³-hybridized carbons (Fsp3) is 0.600. The molecule has 19 heavy (non-hydrogen) atoms. The summed E-state index contributed by atoms with van der Waals surface area (Å²) < 4.78 is 0. The molecule has 0 spiro atoms. The van der Waals surface area contributed by atoms with Gasteiger partial charge in [0, 0.05) is 17.7 Å². The minimum atomic E-state index is -0.286. The van der Waals surface area contributed by atoms with E-state index in [1.165, 1.54) is 12.8 Å². The summed E-state index contributed by atoms with van der Waals surface area (Å²) in [6.07, 6.45) is 3.36. The van der Waals surface area contributed by atoms with Crippen LogP contribution in [0.4, 0.5) is 5.69 Å². The second-order valence-electron chi connectivity index (χ2n) is 5.64. The smallest absolute Gasteiger partial charge is 0.272 e. The van der Waals surface area contributed by atoms with Crippen LogP contribution in [0, 0.1) is 22.5 Å². The fourth-order valence-electron chi connectivity index (χ4n) is 2.88. The number of nitro groups is 1. The molecule has 1 fully saturated rings. The molecule has 1 aromatic carbocycles. The van der Waals surface area contributed by atoms with E-state index in [-0.39, 0.29) is 10.6 Å². The van der Waals surface area contributed by atoms with Crippen molar-refractivity contribution < 1.29 is 4.92 Å². The highest BCUT2D eigenvalue weighted by Gasteiger charge is 2.47. The highest BCUT2D eigenvalue weighted by Crippen LogP contribution is 2.51. The van der Waals surface area contributed by atoms with Crippen molar-refractivity contribution in [2.24, 2.45) is 5.41 Å². The SMILES string of the molecule is CCNC(C)C1(Cc2cccc([N+](=O)[O-])c2C)CC1. The van der Waals surface area contributed by atoms with Gasteiger partial charge in [0.25, 0.3) is 5.69 Å². The second kappa shape index (κ2) is 5.29. The van der Waals surface area contributed by atoms with Crippen LogP contribution in [-0.2, 0) is 6.42 Å². The van der Waals surface area contributed by atoms with Crippen LogP contribution >= 0.6 is 0 Å². The maximum absolute atomic E-state index is 11.0. The molecule has 0 aromatic heterocycles. The Hall–Kier alpha value is -1.42. The van der Waals surface area contributed by atoms with Crippen LogP contribution in [0.1, 0.15) is 37.8 Å². The first-order valence-corrected chi connectivity index (χ1v) is 6.96. The van der Waals surface area contributed by atoms with E-state index in [0.29, 0.717) is 11.5 Å². The topological polar surface area (TPSA) is 55.2 Å². The van der Waals surface area contributed by atoms with Gasteiger partial charge in [-0.2, -0.15) is 0 Å². The van der Waals surface area contributed by atoms with Crippen molar-refractivity contribution in [2.45, 2.75) is 46.1 Å². The lowest BCUT2D eigenvalue weighted by Crippen LogP contribution is -2.36. The third-order valence-corrected chi connectivity index (χ3v) is 4.48. The molecule has 4 heteroatoms. The molecule has 1 atom stereocenters. The van der Waals surface area contributed by atoms with Gasteiger partial charge in [0.15, 0.2) is 0 Å². The number of hydrogen-bond donors (Lipinski definition) is 1. The quantitative estimate of drug-likeness (QED) is 0.632. The van der Waals surface area contributed by atoms with E-state index in [1.807, 2.05) is 13.0 Å². The molecular weight excluding hydrogens is 240 g/mol. The fourth-order valence-corrected chi connectivity index (χ4v) is 2.88. The molecule has 1 N–H and O–H groups in total. The number of hydrogen-bond acceptors (Lipinski definition) is 3. The Morgan fingerprint density at radius 3 is 2.68 bits per heavy atom. The summed E-state index contributed by atoms with van der Waals surface area (Å²) in [5, 5.41) is 14.5. The van der Waals surface area contributed by atoms with Crippen molar-refractivity contribution in [3.63, 3.8) is 0 Å². The molecule has 1 aliphatic carbocycles. The maximum atomic E-state index is 11.0. The normalized spacial score (nSPS) is 18.1. The van der Waals surface area contributed by atoms with Crippen molar-refractivity contribution in [2.75, 3.05) is 6.54 Å². The Labute approximate surface area is 114 Å². The minimum Gasteiger partial charge on any atom is -0.314 e. The van der Waals surface area contributed by atoms with Crippen LogP contribution in [0.2, 0.25) is 0 Å². The van der Waals surface area contributed by atoms with E-state index >= 15 is 0 Å². The lowest BCUT2D eigenvalue weighted by atomic mass is 9.87. The molecule has 0 radical (unpaired) electrons. The molecule has 1 unspecified atom stereocenters. The first-order chi connectivity index (χ1) is 9.00. The zero-order chi connectivity index (χ0) is 14.0. The third kappa shape index (κ3) is 2.78. The van der Waals surface area contributed by atoms with Gasteiger partial charge in [-0.15, -0.1) is 0 Å². The Bertz CT molecular complexity index is 481. The first kappa shape index (κ1) is 14.0. The zero-order valence-corrected chi connectivity index (χ0v) is 11.9. The molecule has 4 nitrogen and oxygen atoms in total. The van der Waals surface area contributed by atoms with Crippen LogP contribution in [0.5, 0.6) is 0 Å². The summed E-state index contributed by atoms with van der Waals surface area (Å²) in [4.78, 5) is 10.7. The molecule has 1 saturated carbocycles. The zero-order valence-electron chi connectivity index (χ0n) is 11.9. The van der Waals surface area contributed by atoms with Crippen molar-refractivity contribution in [3.8, 4) is 0 Å². The summed E-state index contributed by atoms with van der Waals surface area (Å²) in [6.45, 7) is 7.17. The monoisotopic (exact) mass is 262 g/mol. The number of nitro benzene ring substituents is 1. The van der Waals surface area contributed by atoms with Gasteiger partial charge in [-0.25, -0.2) is 0 Å². The summed E-state index contributed by atoms with van der Waals surface area (Å²) >= 11 is 0. The lowest BCUT2D eigenvalue weighted by molar-refractivity contribution is -0.385. The molecule has 1 aromatic rings. The number of benzene rings is 1. The molecule has 2 rings (SSSR count). The van der Waals surface area contributed by atoms with E-state index in [4.69, 9.17) is 0 Å². The molecule has 0 saturated heterocycles. The van der Waals surface area contributed by atoms with Gasteiger partial charge in [0.05, 0.1) is 4.92 Å². The molecule has 1 aliphatic rings. The average Bonchev–Trinajstić information content (AvgIpc) is 3.13. The Morgan fingerprint density at radius 2 is 2.16 bits per heavy atom. The molecule has 0 amide bonds. The van der Waals surface area contributed by atoms with Crippen molar-refractivity contribution in [1.29, 1.82) is 0 Å². The minimum absolute atomic E-state index is 0.240. The first-order valence-electron chi connectivity index (χ1n) is 6.96. The van der Waals surface area contributed by atoms with Gasteiger partial charge >= 0.3 is 0 Å². The molecule has 0 heterocycles. The van der Waals surface area contributed by atoms with E-state index in [9.17, 15) is 10.1 Å². The summed E-state index contributed by atoms with van der Waals surface area (Å²) in [6, 6.07) is 5.89. The van der Waals surface area contributed by atoms with Crippen molar-refractivity contribution in [3.05, 3.63) is 39.4 Å². The lowest BCUT2D eigenvalue weighted by Gasteiger charge is -2.25. The summed E-state index contributed by atoms with van der Waals surface area (Å²) in [5.74, 6) is 0. The van der Waals surface area contributed by atoms with E-state index in [0.717, 1.165) is 24.1 Å². The number of nitrogens with zero attached hydrogens (tertiary/aromatic N) is 1. The average molecular weight is 262 g/mol. The highest BCUT2D eigenvalue weighted by molar-refractivity contribution is 5.45. The van der Waals surface area contributed by atoms with Gasteiger partial charge < -0.3 is 5.32 Å². The predicted molar refractivity (Wildman–Crippen MR) is 76.3 cm³/mol. The van der Waals surface area contributed by atoms with Gasteiger partial charge in [0.1, 0.15) is 0 Å².